The fraction of sp³-hybridized carbons (Fsp3) is 0.565. The molecule has 6 heteroatoms. The molecule has 0 unspecified atom stereocenters. The first-order chi connectivity index (χ1) is 14.1. The molecule has 0 radical (unpaired) electrons. The Hall–Kier alpha value is -2.34. The number of carbonyl (C=O) groups excluding carboxylic acids is 1. The molecular weight excluding hydrogens is 364 g/mol. The van der Waals surface area contributed by atoms with E-state index < -0.39 is 0 Å². The number of carbonyl (C=O) groups is 1. The first-order valence-corrected chi connectivity index (χ1v) is 10.9. The summed E-state index contributed by atoms with van der Waals surface area (Å²) in [6, 6.07) is 8.04. The van der Waals surface area contributed by atoms with Gasteiger partial charge in [-0.15, -0.1) is 0 Å². The highest BCUT2D eigenvalue weighted by Gasteiger charge is 2.29. The van der Waals surface area contributed by atoms with Crippen LogP contribution in [0.15, 0.2) is 24.3 Å². The summed E-state index contributed by atoms with van der Waals surface area (Å²) in [5, 5.41) is 3.47. The van der Waals surface area contributed by atoms with Crippen LogP contribution >= 0.6 is 0 Å². The largest absolute Gasteiger partial charge is 0.494 e. The third kappa shape index (κ3) is 4.64. The molecule has 2 aliphatic rings. The van der Waals surface area contributed by atoms with E-state index in [2.05, 4.69) is 23.7 Å². The standard InChI is InChI=1S/C23H32N4O2/c1-17-5-7-20(8-6-17)29-15-3-4-22(28)26-12-9-19(10-13-26)23-21-16-24-11-14-27(21)18(2)25-23/h5-8,19,24H,3-4,9-16H2,1-2H3. The van der Waals surface area contributed by atoms with Gasteiger partial charge in [-0.25, -0.2) is 4.98 Å². The van der Waals surface area contributed by atoms with Crippen LogP contribution in [0.2, 0.25) is 0 Å². The number of aromatic nitrogens is 2. The molecule has 1 N–H and O–H groups in total. The Labute approximate surface area is 173 Å². The number of amides is 1. The molecular formula is C23H32N4O2. The molecule has 29 heavy (non-hydrogen) atoms. The van der Waals surface area contributed by atoms with Crippen molar-refractivity contribution in [1.29, 1.82) is 0 Å². The highest BCUT2D eigenvalue weighted by Crippen LogP contribution is 2.31. The summed E-state index contributed by atoms with van der Waals surface area (Å²) in [5.74, 6) is 2.72. The smallest absolute Gasteiger partial charge is 0.222 e. The Morgan fingerprint density at radius 1 is 1.17 bits per heavy atom. The molecule has 6 nitrogen and oxygen atoms in total. The van der Waals surface area contributed by atoms with Crippen molar-refractivity contribution in [3.05, 3.63) is 47.0 Å². The van der Waals surface area contributed by atoms with Gasteiger partial charge < -0.3 is 19.5 Å². The van der Waals surface area contributed by atoms with E-state index in [-0.39, 0.29) is 5.91 Å². The Bertz CT molecular complexity index is 835. The van der Waals surface area contributed by atoms with Crippen molar-refractivity contribution in [3.63, 3.8) is 0 Å². The number of aryl methyl sites for hydroxylation is 2. The predicted molar refractivity (Wildman–Crippen MR) is 113 cm³/mol. The summed E-state index contributed by atoms with van der Waals surface area (Å²) in [6.07, 6.45) is 3.33. The summed E-state index contributed by atoms with van der Waals surface area (Å²) < 4.78 is 8.10. The van der Waals surface area contributed by atoms with Crippen molar-refractivity contribution in [2.24, 2.45) is 0 Å². The zero-order valence-corrected chi connectivity index (χ0v) is 17.6. The number of hydrogen-bond acceptors (Lipinski definition) is 4. The van der Waals surface area contributed by atoms with Crippen molar-refractivity contribution >= 4 is 5.91 Å². The van der Waals surface area contributed by atoms with E-state index in [9.17, 15) is 4.79 Å². The van der Waals surface area contributed by atoms with E-state index in [0.29, 0.717) is 18.9 Å². The quantitative estimate of drug-likeness (QED) is 0.762. The maximum atomic E-state index is 12.6. The minimum atomic E-state index is 0.251. The van der Waals surface area contributed by atoms with Crippen LogP contribution in [0.25, 0.3) is 0 Å². The molecule has 1 aromatic carbocycles. The summed E-state index contributed by atoms with van der Waals surface area (Å²) in [7, 11) is 0. The molecule has 0 atom stereocenters. The lowest BCUT2D eigenvalue weighted by atomic mass is 9.91. The van der Waals surface area contributed by atoms with E-state index in [1.165, 1.54) is 17.0 Å². The van der Waals surface area contributed by atoms with E-state index in [1.807, 2.05) is 29.2 Å². The number of nitrogens with one attached hydrogen (secondary N) is 1. The van der Waals surface area contributed by atoms with Crippen LogP contribution < -0.4 is 10.1 Å². The maximum Gasteiger partial charge on any atom is 0.222 e. The molecule has 0 aliphatic carbocycles. The number of fused-ring (bicyclic) bond motifs is 1. The van der Waals surface area contributed by atoms with Crippen LogP contribution in [0, 0.1) is 13.8 Å². The van der Waals surface area contributed by atoms with Gasteiger partial charge in [0, 0.05) is 45.1 Å². The summed E-state index contributed by atoms with van der Waals surface area (Å²) in [6.45, 7) is 9.36. The van der Waals surface area contributed by atoms with E-state index >= 15 is 0 Å². The van der Waals surface area contributed by atoms with Crippen LogP contribution in [-0.2, 0) is 17.9 Å². The Morgan fingerprint density at radius 3 is 2.69 bits per heavy atom. The van der Waals surface area contributed by atoms with Gasteiger partial charge in [-0.1, -0.05) is 17.7 Å². The summed E-state index contributed by atoms with van der Waals surface area (Å²) >= 11 is 0. The molecule has 1 amide bonds. The van der Waals surface area contributed by atoms with E-state index in [1.54, 1.807) is 0 Å². The highest BCUT2D eigenvalue weighted by atomic mass is 16.5. The number of imidazole rings is 1. The lowest BCUT2D eigenvalue weighted by Crippen LogP contribution is -2.38. The lowest BCUT2D eigenvalue weighted by molar-refractivity contribution is -0.132. The number of likely N-dealkylation sites (tertiary alicyclic amines) is 1. The molecule has 0 saturated carbocycles. The molecule has 3 heterocycles. The van der Waals surface area contributed by atoms with E-state index in [0.717, 1.165) is 63.6 Å². The monoisotopic (exact) mass is 396 g/mol. The zero-order valence-electron chi connectivity index (χ0n) is 17.6. The number of nitrogens with zero attached hydrogens (tertiary/aromatic N) is 3. The van der Waals surface area contributed by atoms with Gasteiger partial charge in [-0.05, 0) is 45.2 Å². The van der Waals surface area contributed by atoms with Crippen LogP contribution in [0.5, 0.6) is 5.75 Å². The van der Waals surface area contributed by atoms with Gasteiger partial charge in [0.15, 0.2) is 0 Å². The Balaban J connectivity index is 1.22. The molecule has 156 valence electrons. The lowest BCUT2D eigenvalue weighted by Gasteiger charge is -2.32. The minimum absolute atomic E-state index is 0.251. The van der Waals surface area contributed by atoms with Crippen LogP contribution in [0.4, 0.5) is 0 Å². The summed E-state index contributed by atoms with van der Waals surface area (Å²) in [4.78, 5) is 19.5. The van der Waals surface area contributed by atoms with Gasteiger partial charge >= 0.3 is 0 Å². The molecule has 1 saturated heterocycles. The molecule has 1 aromatic heterocycles. The fourth-order valence-corrected chi connectivity index (χ4v) is 4.45. The Kier molecular flexibility index (Phi) is 6.19. The van der Waals surface area contributed by atoms with Crippen molar-refractivity contribution in [2.75, 3.05) is 26.2 Å². The van der Waals surface area contributed by atoms with Gasteiger partial charge in [0.2, 0.25) is 5.91 Å². The van der Waals surface area contributed by atoms with Gasteiger partial charge in [-0.3, -0.25) is 4.79 Å². The van der Waals surface area contributed by atoms with Crippen LogP contribution in [0.1, 0.15) is 54.4 Å². The fourth-order valence-electron chi connectivity index (χ4n) is 4.45. The number of hydrogen-bond donors (Lipinski definition) is 1. The molecule has 4 rings (SSSR count). The van der Waals surface area contributed by atoms with Crippen molar-refractivity contribution in [3.8, 4) is 5.75 Å². The molecule has 0 bridgehead atoms. The third-order valence-corrected chi connectivity index (χ3v) is 6.16. The number of benzene rings is 1. The van der Waals surface area contributed by atoms with Gasteiger partial charge in [0.1, 0.15) is 11.6 Å². The SMILES string of the molecule is Cc1ccc(OCCCC(=O)N2CCC(c3nc(C)n4c3CNCC4)CC2)cc1. The second kappa shape index (κ2) is 8.99. The number of piperidine rings is 1. The second-order valence-corrected chi connectivity index (χ2v) is 8.24. The van der Waals surface area contributed by atoms with Gasteiger partial charge in [-0.2, -0.15) is 0 Å². The zero-order chi connectivity index (χ0) is 20.2. The second-order valence-electron chi connectivity index (χ2n) is 8.24. The van der Waals surface area contributed by atoms with Gasteiger partial charge in [0.05, 0.1) is 18.0 Å². The first-order valence-electron chi connectivity index (χ1n) is 10.9. The van der Waals surface area contributed by atoms with Crippen LogP contribution in [-0.4, -0.2) is 46.6 Å². The number of ether oxygens (including phenoxy) is 1. The van der Waals surface area contributed by atoms with Crippen LogP contribution in [0.3, 0.4) is 0 Å². The first kappa shape index (κ1) is 20.0. The average Bonchev–Trinajstić information content (AvgIpc) is 3.09. The minimum Gasteiger partial charge on any atom is -0.494 e. The molecule has 0 spiro atoms. The Morgan fingerprint density at radius 2 is 1.93 bits per heavy atom. The van der Waals surface area contributed by atoms with Crippen molar-refractivity contribution in [1.82, 2.24) is 19.8 Å². The normalized spacial score (nSPS) is 17.2. The average molecular weight is 397 g/mol. The van der Waals surface area contributed by atoms with Gasteiger partial charge in [0.25, 0.3) is 0 Å². The topological polar surface area (TPSA) is 59.4 Å². The van der Waals surface area contributed by atoms with Crippen molar-refractivity contribution in [2.45, 2.75) is 58.5 Å². The molecule has 2 aromatic rings. The highest BCUT2D eigenvalue weighted by molar-refractivity contribution is 5.76. The third-order valence-electron chi connectivity index (χ3n) is 6.16. The number of rotatable bonds is 6. The maximum absolute atomic E-state index is 12.6. The predicted octanol–water partition coefficient (Wildman–Crippen LogP) is 3.17. The summed E-state index contributed by atoms with van der Waals surface area (Å²) in [5.41, 5.74) is 3.83. The molecule has 1 fully saturated rings. The van der Waals surface area contributed by atoms with Crippen molar-refractivity contribution < 1.29 is 9.53 Å². The molecule has 2 aliphatic heterocycles. The van der Waals surface area contributed by atoms with E-state index in [4.69, 9.17) is 9.72 Å².